The SMILES string of the molecule is NCCCCC(N)C(=O)NC(CCC(N)=O)C(=O)NC(CO)C(=O)NC(Cc1ccccc1)C(=O)O. The highest BCUT2D eigenvalue weighted by atomic mass is 16.4. The molecule has 0 aromatic heterocycles. The second-order valence-corrected chi connectivity index (χ2v) is 8.29. The van der Waals surface area contributed by atoms with Crippen LogP contribution in [-0.4, -0.2) is 77.1 Å². The number of unbranched alkanes of at least 4 members (excludes halogenated alkanes) is 1. The molecule has 0 spiro atoms. The molecule has 1 rings (SSSR count). The molecule has 0 saturated carbocycles. The summed E-state index contributed by atoms with van der Waals surface area (Å²) < 4.78 is 0. The Hall–Kier alpha value is -3.55. The highest BCUT2D eigenvalue weighted by molar-refractivity contribution is 5.94. The summed E-state index contributed by atoms with van der Waals surface area (Å²) in [5, 5.41) is 26.2. The number of amides is 4. The van der Waals surface area contributed by atoms with Crippen LogP contribution >= 0.6 is 0 Å². The van der Waals surface area contributed by atoms with Crippen molar-refractivity contribution in [1.29, 1.82) is 0 Å². The summed E-state index contributed by atoms with van der Waals surface area (Å²) in [6, 6.07) is 3.56. The quantitative estimate of drug-likeness (QED) is 0.103. The van der Waals surface area contributed by atoms with Crippen LogP contribution in [0.5, 0.6) is 0 Å². The van der Waals surface area contributed by atoms with Crippen LogP contribution in [0.2, 0.25) is 0 Å². The fourth-order valence-corrected chi connectivity index (χ4v) is 3.26. The number of aliphatic hydroxyl groups is 1. The predicted octanol–water partition coefficient (Wildman–Crippen LogP) is -2.52. The van der Waals surface area contributed by atoms with E-state index in [0.29, 0.717) is 31.4 Å². The minimum Gasteiger partial charge on any atom is -0.480 e. The van der Waals surface area contributed by atoms with Crippen molar-refractivity contribution < 1.29 is 34.2 Å². The van der Waals surface area contributed by atoms with Gasteiger partial charge in [-0.3, -0.25) is 19.2 Å². The van der Waals surface area contributed by atoms with Crippen molar-refractivity contribution in [3.63, 3.8) is 0 Å². The molecule has 0 fully saturated rings. The standard InChI is InChI=1S/C23H36N6O7/c24-11-5-4-8-15(25)20(32)27-16(9-10-19(26)31)21(33)29-18(13-30)22(34)28-17(23(35)36)12-14-6-2-1-3-7-14/h1-3,6-7,15-18,30H,4-5,8-13,24-25H2,(H2,26,31)(H,27,32)(H,28,34)(H,29,33)(H,35,36). The Morgan fingerprint density at radius 3 is 1.97 bits per heavy atom. The number of carboxylic acids is 1. The molecule has 200 valence electrons. The summed E-state index contributed by atoms with van der Waals surface area (Å²) in [6.07, 6.45) is 1.16. The first-order valence-electron chi connectivity index (χ1n) is 11.6. The van der Waals surface area contributed by atoms with Gasteiger partial charge in [0.05, 0.1) is 12.6 Å². The van der Waals surface area contributed by atoms with Gasteiger partial charge in [0.1, 0.15) is 18.1 Å². The van der Waals surface area contributed by atoms with Crippen LogP contribution in [0.25, 0.3) is 0 Å². The molecule has 0 aliphatic heterocycles. The van der Waals surface area contributed by atoms with Crippen molar-refractivity contribution in [1.82, 2.24) is 16.0 Å². The van der Waals surface area contributed by atoms with E-state index < -0.39 is 60.4 Å². The van der Waals surface area contributed by atoms with E-state index in [-0.39, 0.29) is 19.3 Å². The monoisotopic (exact) mass is 508 g/mol. The third-order valence-electron chi connectivity index (χ3n) is 5.33. The van der Waals surface area contributed by atoms with E-state index in [9.17, 15) is 34.2 Å². The molecule has 13 nitrogen and oxygen atoms in total. The minimum atomic E-state index is -1.51. The fourth-order valence-electron chi connectivity index (χ4n) is 3.26. The molecule has 1 aromatic carbocycles. The van der Waals surface area contributed by atoms with Gasteiger partial charge in [0, 0.05) is 12.8 Å². The minimum absolute atomic E-state index is 0.0205. The molecule has 4 atom stereocenters. The van der Waals surface area contributed by atoms with Gasteiger partial charge in [0.2, 0.25) is 23.6 Å². The fraction of sp³-hybridized carbons (Fsp3) is 0.522. The molecular weight excluding hydrogens is 472 g/mol. The van der Waals surface area contributed by atoms with Gasteiger partial charge in [-0.25, -0.2) is 4.79 Å². The Balaban J connectivity index is 2.85. The molecule has 0 heterocycles. The molecule has 0 radical (unpaired) electrons. The number of carbonyl (C=O) groups excluding carboxylic acids is 4. The van der Waals surface area contributed by atoms with Gasteiger partial charge in [0.25, 0.3) is 0 Å². The Labute approximate surface area is 209 Å². The molecular formula is C23H36N6O7. The molecule has 0 saturated heterocycles. The zero-order chi connectivity index (χ0) is 27.1. The Morgan fingerprint density at radius 1 is 0.833 bits per heavy atom. The average molecular weight is 509 g/mol. The maximum Gasteiger partial charge on any atom is 0.326 e. The highest BCUT2D eigenvalue weighted by Gasteiger charge is 2.30. The van der Waals surface area contributed by atoms with Crippen molar-refractivity contribution in [3.05, 3.63) is 35.9 Å². The molecule has 0 bridgehead atoms. The smallest absolute Gasteiger partial charge is 0.326 e. The van der Waals surface area contributed by atoms with Crippen molar-refractivity contribution in [2.75, 3.05) is 13.2 Å². The Kier molecular flexibility index (Phi) is 13.7. The Morgan fingerprint density at radius 2 is 1.42 bits per heavy atom. The topological polar surface area (TPSA) is 240 Å². The lowest BCUT2D eigenvalue weighted by Crippen LogP contribution is -2.58. The summed E-state index contributed by atoms with van der Waals surface area (Å²) in [6.45, 7) is -0.402. The van der Waals surface area contributed by atoms with Crippen LogP contribution in [0.4, 0.5) is 0 Å². The second-order valence-electron chi connectivity index (χ2n) is 8.29. The lowest BCUT2D eigenvalue weighted by molar-refractivity contribution is -0.142. The molecule has 0 aliphatic carbocycles. The lowest BCUT2D eigenvalue weighted by Gasteiger charge is -2.24. The van der Waals surface area contributed by atoms with Crippen molar-refractivity contribution in [2.24, 2.45) is 17.2 Å². The zero-order valence-corrected chi connectivity index (χ0v) is 20.0. The molecule has 4 unspecified atom stereocenters. The van der Waals surface area contributed by atoms with E-state index in [4.69, 9.17) is 17.2 Å². The van der Waals surface area contributed by atoms with E-state index >= 15 is 0 Å². The first-order valence-corrected chi connectivity index (χ1v) is 11.6. The number of aliphatic hydroxyl groups excluding tert-OH is 1. The largest absolute Gasteiger partial charge is 0.480 e. The van der Waals surface area contributed by atoms with Crippen molar-refractivity contribution in [2.45, 2.75) is 62.7 Å². The molecule has 13 heteroatoms. The van der Waals surface area contributed by atoms with Crippen LogP contribution in [0.3, 0.4) is 0 Å². The van der Waals surface area contributed by atoms with Crippen molar-refractivity contribution in [3.8, 4) is 0 Å². The number of carboxylic acid groups (broad SMARTS) is 1. The van der Waals surface area contributed by atoms with Gasteiger partial charge in [-0.05, 0) is 31.4 Å². The number of hydrogen-bond donors (Lipinski definition) is 8. The molecule has 11 N–H and O–H groups in total. The summed E-state index contributed by atoms with van der Waals surface area (Å²) in [4.78, 5) is 60.7. The normalized spacial score (nSPS) is 14.1. The molecule has 0 aliphatic rings. The van der Waals surface area contributed by atoms with Crippen LogP contribution in [-0.2, 0) is 30.4 Å². The van der Waals surface area contributed by atoms with Gasteiger partial charge in [-0.2, -0.15) is 0 Å². The van der Waals surface area contributed by atoms with E-state index in [2.05, 4.69) is 16.0 Å². The third-order valence-corrected chi connectivity index (χ3v) is 5.33. The molecule has 4 amide bonds. The summed E-state index contributed by atoms with van der Waals surface area (Å²) in [5.41, 5.74) is 17.1. The first-order chi connectivity index (χ1) is 17.1. The second kappa shape index (κ2) is 16.2. The number of carbonyl (C=O) groups is 5. The van der Waals surface area contributed by atoms with E-state index in [1.165, 1.54) is 0 Å². The molecule has 1 aromatic rings. The number of aliphatic carboxylic acids is 1. The first kappa shape index (κ1) is 30.5. The average Bonchev–Trinajstić information content (AvgIpc) is 2.84. The summed E-state index contributed by atoms with van der Waals surface area (Å²) in [5.74, 6) is -4.47. The van der Waals surface area contributed by atoms with E-state index in [1.54, 1.807) is 30.3 Å². The maximum atomic E-state index is 12.8. The van der Waals surface area contributed by atoms with Gasteiger partial charge in [-0.15, -0.1) is 0 Å². The highest BCUT2D eigenvalue weighted by Crippen LogP contribution is 2.05. The van der Waals surface area contributed by atoms with Gasteiger partial charge in [-0.1, -0.05) is 36.8 Å². The van der Waals surface area contributed by atoms with Crippen LogP contribution in [0.15, 0.2) is 30.3 Å². The zero-order valence-electron chi connectivity index (χ0n) is 20.0. The number of hydrogen-bond acceptors (Lipinski definition) is 8. The number of nitrogens with two attached hydrogens (primary N) is 3. The number of rotatable bonds is 17. The van der Waals surface area contributed by atoms with Gasteiger partial charge >= 0.3 is 5.97 Å². The van der Waals surface area contributed by atoms with Gasteiger partial charge in [0.15, 0.2) is 0 Å². The van der Waals surface area contributed by atoms with Crippen LogP contribution in [0, 0.1) is 0 Å². The summed E-state index contributed by atoms with van der Waals surface area (Å²) in [7, 11) is 0. The van der Waals surface area contributed by atoms with E-state index in [0.717, 1.165) is 0 Å². The number of primary amides is 1. The van der Waals surface area contributed by atoms with Gasteiger partial charge < -0.3 is 43.4 Å². The number of benzene rings is 1. The summed E-state index contributed by atoms with van der Waals surface area (Å²) >= 11 is 0. The van der Waals surface area contributed by atoms with Crippen LogP contribution in [0.1, 0.15) is 37.7 Å². The molecule has 36 heavy (non-hydrogen) atoms. The third kappa shape index (κ3) is 11.3. The Bertz CT molecular complexity index is 883. The van der Waals surface area contributed by atoms with Crippen molar-refractivity contribution >= 4 is 29.6 Å². The lowest BCUT2D eigenvalue weighted by atomic mass is 10.1. The maximum absolute atomic E-state index is 12.8. The number of nitrogens with one attached hydrogen (secondary N) is 3. The van der Waals surface area contributed by atoms with E-state index in [1.807, 2.05) is 0 Å². The predicted molar refractivity (Wildman–Crippen MR) is 130 cm³/mol. The van der Waals surface area contributed by atoms with Crippen LogP contribution < -0.4 is 33.2 Å².